The molecule has 1 aliphatic rings. The molecule has 1 saturated heterocycles. The lowest BCUT2D eigenvalue weighted by Gasteiger charge is -2.36. The minimum absolute atomic E-state index is 0. The Morgan fingerprint density at radius 1 is 1.36 bits per heavy atom. The second-order valence-electron chi connectivity index (χ2n) is 6.20. The molecule has 152 valence electrons. The van der Waals surface area contributed by atoms with Crippen LogP contribution in [0.1, 0.15) is 28.9 Å². The van der Waals surface area contributed by atoms with E-state index < -0.39 is 0 Å². The molecule has 1 atom stereocenters. The molecule has 0 spiro atoms. The van der Waals surface area contributed by atoms with Crippen molar-refractivity contribution < 1.29 is 18.7 Å². The summed E-state index contributed by atoms with van der Waals surface area (Å²) in [5, 5.41) is 3.58. The van der Waals surface area contributed by atoms with Crippen molar-refractivity contribution in [2.75, 3.05) is 33.4 Å². The fourth-order valence-electron chi connectivity index (χ4n) is 3.25. The second-order valence-corrected chi connectivity index (χ2v) is 6.60. The lowest BCUT2D eigenvalue weighted by Crippen LogP contribution is -2.48. The number of halogens is 3. The smallest absolute Gasteiger partial charge is 0.254 e. The zero-order valence-electron chi connectivity index (χ0n) is 15.7. The molecule has 0 bridgehead atoms. The van der Waals surface area contributed by atoms with Crippen molar-refractivity contribution in [1.82, 2.24) is 10.2 Å². The maximum absolute atomic E-state index is 13.7. The molecular formula is C20H23Cl2FN2O3. The molecule has 0 radical (unpaired) electrons. The summed E-state index contributed by atoms with van der Waals surface area (Å²) in [6.45, 7) is 4.01. The normalized spacial score (nSPS) is 16.3. The van der Waals surface area contributed by atoms with E-state index in [0.717, 1.165) is 5.56 Å². The Morgan fingerprint density at radius 3 is 2.82 bits per heavy atom. The van der Waals surface area contributed by atoms with Gasteiger partial charge in [0.2, 0.25) is 0 Å². The highest BCUT2D eigenvalue weighted by Gasteiger charge is 2.30. The SMILES string of the molecule is CCOc1c(Cl)cc(C(=O)N2CCNCC2c2cccc(F)c2)cc1OC.Cl. The number of piperazine rings is 1. The van der Waals surface area contributed by atoms with Gasteiger partial charge in [-0.1, -0.05) is 23.7 Å². The lowest BCUT2D eigenvalue weighted by molar-refractivity contribution is 0.0633. The first kappa shape index (κ1) is 22.3. The first-order valence-electron chi connectivity index (χ1n) is 8.82. The van der Waals surface area contributed by atoms with E-state index in [2.05, 4.69) is 5.32 Å². The van der Waals surface area contributed by atoms with Crippen molar-refractivity contribution in [3.63, 3.8) is 0 Å². The van der Waals surface area contributed by atoms with Gasteiger partial charge < -0.3 is 19.7 Å². The molecule has 1 aliphatic heterocycles. The number of rotatable bonds is 5. The van der Waals surface area contributed by atoms with E-state index in [9.17, 15) is 9.18 Å². The number of nitrogens with zero attached hydrogens (tertiary/aromatic N) is 1. The topological polar surface area (TPSA) is 50.8 Å². The minimum Gasteiger partial charge on any atom is -0.493 e. The van der Waals surface area contributed by atoms with E-state index in [-0.39, 0.29) is 30.2 Å². The molecule has 1 N–H and O–H groups in total. The van der Waals surface area contributed by atoms with E-state index in [1.807, 2.05) is 13.0 Å². The van der Waals surface area contributed by atoms with E-state index in [4.69, 9.17) is 21.1 Å². The predicted octanol–water partition coefficient (Wildman–Crippen LogP) is 4.09. The summed E-state index contributed by atoms with van der Waals surface area (Å²) in [7, 11) is 1.50. The third-order valence-electron chi connectivity index (χ3n) is 4.50. The first-order chi connectivity index (χ1) is 13.0. The lowest BCUT2D eigenvalue weighted by atomic mass is 10.0. The monoisotopic (exact) mass is 428 g/mol. The van der Waals surface area contributed by atoms with Crippen LogP contribution in [0, 0.1) is 5.82 Å². The third kappa shape index (κ3) is 4.69. The van der Waals surface area contributed by atoms with Crippen LogP contribution in [0.2, 0.25) is 5.02 Å². The number of ether oxygens (including phenoxy) is 2. The molecule has 5 nitrogen and oxygen atoms in total. The summed E-state index contributed by atoms with van der Waals surface area (Å²) >= 11 is 6.31. The van der Waals surface area contributed by atoms with Gasteiger partial charge >= 0.3 is 0 Å². The number of benzene rings is 2. The first-order valence-corrected chi connectivity index (χ1v) is 9.20. The molecule has 0 aromatic heterocycles. The molecule has 2 aromatic carbocycles. The van der Waals surface area contributed by atoms with Crippen molar-refractivity contribution in [3.05, 3.63) is 58.4 Å². The van der Waals surface area contributed by atoms with Gasteiger partial charge in [0.1, 0.15) is 5.82 Å². The summed E-state index contributed by atoms with van der Waals surface area (Å²) in [5.74, 6) is 0.315. The molecule has 28 heavy (non-hydrogen) atoms. The number of carbonyl (C=O) groups is 1. The van der Waals surface area contributed by atoms with Gasteiger partial charge in [0.05, 0.1) is 24.8 Å². The Morgan fingerprint density at radius 2 is 2.14 bits per heavy atom. The van der Waals surface area contributed by atoms with Gasteiger partial charge in [0.15, 0.2) is 11.5 Å². The summed E-state index contributed by atoms with van der Waals surface area (Å²) in [4.78, 5) is 14.9. The molecule has 1 unspecified atom stereocenters. The van der Waals surface area contributed by atoms with E-state index in [1.165, 1.54) is 19.2 Å². The largest absolute Gasteiger partial charge is 0.493 e. The van der Waals surface area contributed by atoms with Crippen LogP contribution in [-0.4, -0.2) is 44.2 Å². The van der Waals surface area contributed by atoms with E-state index in [1.54, 1.807) is 23.1 Å². The van der Waals surface area contributed by atoms with Gasteiger partial charge in [0, 0.05) is 25.2 Å². The average Bonchev–Trinajstić information content (AvgIpc) is 2.69. The zero-order chi connectivity index (χ0) is 19.4. The van der Waals surface area contributed by atoms with Crippen molar-refractivity contribution in [1.29, 1.82) is 0 Å². The molecule has 0 aliphatic carbocycles. The summed E-state index contributed by atoms with van der Waals surface area (Å²) < 4.78 is 24.5. The Labute approximate surface area is 175 Å². The molecule has 1 amide bonds. The molecule has 8 heteroatoms. The number of hydrogen-bond donors (Lipinski definition) is 1. The second kappa shape index (κ2) is 9.96. The highest BCUT2D eigenvalue weighted by molar-refractivity contribution is 6.32. The Bertz CT molecular complexity index is 835. The van der Waals surface area contributed by atoms with Gasteiger partial charge in [-0.2, -0.15) is 0 Å². The quantitative estimate of drug-likeness (QED) is 0.778. The molecular weight excluding hydrogens is 406 g/mol. The fraction of sp³-hybridized carbons (Fsp3) is 0.350. The van der Waals surface area contributed by atoms with Crippen molar-refractivity contribution in [2.45, 2.75) is 13.0 Å². The Balaban J connectivity index is 0.00000280. The van der Waals surface area contributed by atoms with Crippen molar-refractivity contribution >= 4 is 29.9 Å². The van der Waals surface area contributed by atoms with Crippen LogP contribution < -0.4 is 14.8 Å². The predicted molar refractivity (Wildman–Crippen MR) is 109 cm³/mol. The van der Waals surface area contributed by atoms with Crippen LogP contribution in [0.15, 0.2) is 36.4 Å². The molecule has 0 saturated carbocycles. The van der Waals surface area contributed by atoms with E-state index in [0.29, 0.717) is 48.3 Å². The number of methoxy groups -OCH3 is 1. The summed E-state index contributed by atoms with van der Waals surface area (Å²) in [6, 6.07) is 9.28. The van der Waals surface area contributed by atoms with Gasteiger partial charge in [-0.15, -0.1) is 12.4 Å². The van der Waals surface area contributed by atoms with E-state index >= 15 is 0 Å². The number of carbonyl (C=O) groups excluding carboxylic acids is 1. The molecule has 2 aromatic rings. The summed E-state index contributed by atoms with van der Waals surface area (Å²) in [5.41, 5.74) is 1.16. The van der Waals surface area contributed by atoms with Gasteiger partial charge in [-0.05, 0) is 36.8 Å². The molecule has 1 heterocycles. The van der Waals surface area contributed by atoms with Crippen molar-refractivity contribution in [2.24, 2.45) is 0 Å². The van der Waals surface area contributed by atoms with Gasteiger partial charge in [0.25, 0.3) is 5.91 Å². The van der Waals surface area contributed by atoms with Crippen LogP contribution >= 0.6 is 24.0 Å². The Hall–Kier alpha value is -2.02. The number of amides is 1. The average molecular weight is 429 g/mol. The van der Waals surface area contributed by atoms with Crippen LogP contribution in [0.25, 0.3) is 0 Å². The van der Waals surface area contributed by atoms with Gasteiger partial charge in [-0.25, -0.2) is 4.39 Å². The third-order valence-corrected chi connectivity index (χ3v) is 4.78. The fourth-order valence-corrected chi connectivity index (χ4v) is 3.52. The number of nitrogens with one attached hydrogen (secondary N) is 1. The molecule has 3 rings (SSSR count). The standard InChI is InChI=1S/C20H22ClFN2O3.ClH/c1-3-27-19-16(21)10-14(11-18(19)26-2)20(25)24-8-7-23-12-17(24)13-5-4-6-15(22)9-13;/h4-6,9-11,17,23H,3,7-8,12H2,1-2H3;1H. The minimum atomic E-state index is -0.323. The maximum Gasteiger partial charge on any atom is 0.254 e. The van der Waals surface area contributed by atoms with Crippen LogP contribution in [0.3, 0.4) is 0 Å². The number of hydrogen-bond acceptors (Lipinski definition) is 4. The van der Waals surface area contributed by atoms with Crippen LogP contribution in [-0.2, 0) is 0 Å². The van der Waals surface area contributed by atoms with Crippen LogP contribution in [0.4, 0.5) is 4.39 Å². The van der Waals surface area contributed by atoms with Crippen LogP contribution in [0.5, 0.6) is 11.5 Å². The summed E-state index contributed by atoms with van der Waals surface area (Å²) in [6.07, 6.45) is 0. The highest BCUT2D eigenvalue weighted by atomic mass is 35.5. The maximum atomic E-state index is 13.7. The van der Waals surface area contributed by atoms with Crippen molar-refractivity contribution in [3.8, 4) is 11.5 Å². The molecule has 1 fully saturated rings. The van der Waals surface area contributed by atoms with Gasteiger partial charge in [-0.3, -0.25) is 4.79 Å². The zero-order valence-corrected chi connectivity index (χ0v) is 17.3. The Kier molecular flexibility index (Phi) is 7.92. The highest BCUT2D eigenvalue weighted by Crippen LogP contribution is 2.37.